The van der Waals surface area contributed by atoms with E-state index in [4.69, 9.17) is 27.9 Å². The first-order valence-corrected chi connectivity index (χ1v) is 8.36. The molecule has 108 valence electrons. The second-order valence-electron chi connectivity index (χ2n) is 3.99. The van der Waals surface area contributed by atoms with Gasteiger partial charge in [0.2, 0.25) is 10.0 Å². The van der Waals surface area contributed by atoms with Gasteiger partial charge in [0, 0.05) is 24.5 Å². The summed E-state index contributed by atoms with van der Waals surface area (Å²) < 4.78 is 30.3. The van der Waals surface area contributed by atoms with Crippen LogP contribution in [0.4, 0.5) is 0 Å². The van der Waals surface area contributed by atoms with Crippen molar-refractivity contribution < 1.29 is 13.2 Å². The largest absolute Gasteiger partial charge is 0.492 e. The second-order valence-corrected chi connectivity index (χ2v) is 7.00. The van der Waals surface area contributed by atoms with E-state index in [0.29, 0.717) is 23.1 Å². The third-order valence-corrected chi connectivity index (χ3v) is 4.92. The van der Waals surface area contributed by atoms with Gasteiger partial charge in [0.1, 0.15) is 12.4 Å². The Hall–Kier alpha value is -0.490. The molecule has 0 fully saturated rings. The van der Waals surface area contributed by atoms with E-state index in [-0.39, 0.29) is 18.9 Å². The van der Waals surface area contributed by atoms with Crippen molar-refractivity contribution in [2.24, 2.45) is 0 Å². The molecule has 0 bridgehead atoms. The molecule has 0 unspecified atom stereocenters. The second kappa shape index (κ2) is 7.94. The monoisotopic (exact) mass is 325 g/mol. The van der Waals surface area contributed by atoms with Gasteiger partial charge < -0.3 is 4.74 Å². The molecule has 1 aromatic carbocycles. The number of sulfonamides is 1. The predicted octanol–water partition coefficient (Wildman–Crippen LogP) is 2.61. The number of hydrogen-bond donors (Lipinski definition) is 0. The van der Waals surface area contributed by atoms with Gasteiger partial charge in [-0.05, 0) is 24.6 Å². The molecule has 0 saturated heterocycles. The molecule has 0 aliphatic carbocycles. The van der Waals surface area contributed by atoms with E-state index in [0.717, 1.165) is 0 Å². The molecule has 0 aliphatic rings. The molecule has 0 saturated carbocycles. The summed E-state index contributed by atoms with van der Waals surface area (Å²) in [6.45, 7) is 0.564. The fourth-order valence-corrected chi connectivity index (χ4v) is 3.03. The van der Waals surface area contributed by atoms with E-state index in [1.165, 1.54) is 11.4 Å². The van der Waals surface area contributed by atoms with Crippen molar-refractivity contribution in [2.45, 2.75) is 6.42 Å². The highest BCUT2D eigenvalue weighted by molar-refractivity contribution is 7.89. The summed E-state index contributed by atoms with van der Waals surface area (Å²) in [5.74, 6) is 1.02. The van der Waals surface area contributed by atoms with E-state index in [1.54, 1.807) is 24.3 Å². The summed E-state index contributed by atoms with van der Waals surface area (Å²) >= 11 is 11.3. The van der Waals surface area contributed by atoms with Crippen LogP contribution < -0.4 is 4.74 Å². The van der Waals surface area contributed by atoms with Gasteiger partial charge >= 0.3 is 0 Å². The fourth-order valence-electron chi connectivity index (χ4n) is 1.38. The Morgan fingerprint density at radius 2 is 2.11 bits per heavy atom. The van der Waals surface area contributed by atoms with Gasteiger partial charge in [-0.25, -0.2) is 12.7 Å². The Morgan fingerprint density at radius 1 is 1.37 bits per heavy atom. The molecule has 1 aromatic rings. The normalized spacial score (nSPS) is 11.8. The summed E-state index contributed by atoms with van der Waals surface area (Å²) in [5.41, 5.74) is 0. The summed E-state index contributed by atoms with van der Waals surface area (Å²) in [4.78, 5) is 0. The Balaban J connectivity index is 2.40. The van der Waals surface area contributed by atoms with Crippen LogP contribution >= 0.6 is 23.2 Å². The minimum Gasteiger partial charge on any atom is -0.492 e. The molecule has 1 rings (SSSR count). The summed E-state index contributed by atoms with van der Waals surface area (Å²) in [5, 5.41) is 0.584. The third kappa shape index (κ3) is 5.99. The van der Waals surface area contributed by atoms with Crippen LogP contribution in [-0.4, -0.2) is 44.6 Å². The highest BCUT2D eigenvalue weighted by atomic mass is 35.5. The van der Waals surface area contributed by atoms with Crippen LogP contribution in [0.1, 0.15) is 6.42 Å². The van der Waals surface area contributed by atoms with E-state index >= 15 is 0 Å². The van der Waals surface area contributed by atoms with Crippen LogP contribution in [0, 0.1) is 0 Å². The lowest BCUT2D eigenvalue weighted by atomic mass is 10.3. The van der Waals surface area contributed by atoms with Gasteiger partial charge in [-0.15, -0.1) is 11.6 Å². The molecule has 19 heavy (non-hydrogen) atoms. The fraction of sp³-hybridized carbons (Fsp3) is 0.500. The smallest absolute Gasteiger partial charge is 0.214 e. The standard InChI is InChI=1S/C12H17Cl2NO3S/c1-15(19(16,17)9-3-6-13)7-8-18-12-5-2-4-11(14)10-12/h2,4-5,10H,3,6-9H2,1H3. The molecule has 0 atom stereocenters. The number of likely N-dealkylation sites (N-methyl/N-ethyl adjacent to an activating group) is 1. The molecule has 0 N–H and O–H groups in total. The van der Waals surface area contributed by atoms with Gasteiger partial charge in [0.05, 0.1) is 5.75 Å². The maximum atomic E-state index is 11.8. The molecule has 0 spiro atoms. The van der Waals surface area contributed by atoms with E-state index in [1.807, 2.05) is 0 Å². The van der Waals surface area contributed by atoms with Gasteiger partial charge in [0.15, 0.2) is 0 Å². The first-order chi connectivity index (χ1) is 8.95. The lowest BCUT2D eigenvalue weighted by Crippen LogP contribution is -2.32. The molecular weight excluding hydrogens is 309 g/mol. The van der Waals surface area contributed by atoms with E-state index in [9.17, 15) is 8.42 Å². The highest BCUT2D eigenvalue weighted by Gasteiger charge is 2.16. The van der Waals surface area contributed by atoms with Crippen molar-refractivity contribution in [3.8, 4) is 5.75 Å². The Kier molecular flexibility index (Phi) is 6.93. The minimum atomic E-state index is -3.24. The first-order valence-electron chi connectivity index (χ1n) is 5.84. The SMILES string of the molecule is CN(CCOc1cccc(Cl)c1)S(=O)(=O)CCCCl. The number of benzene rings is 1. The molecule has 4 nitrogen and oxygen atoms in total. The van der Waals surface area contributed by atoms with Crippen LogP contribution in [-0.2, 0) is 10.0 Å². The minimum absolute atomic E-state index is 0.0597. The van der Waals surface area contributed by atoms with Crippen molar-refractivity contribution >= 4 is 33.2 Å². The number of hydrogen-bond acceptors (Lipinski definition) is 3. The van der Waals surface area contributed by atoms with Crippen LogP contribution in [0.25, 0.3) is 0 Å². The zero-order chi connectivity index (χ0) is 14.3. The number of rotatable bonds is 8. The third-order valence-electron chi connectivity index (χ3n) is 2.48. The number of ether oxygens (including phenoxy) is 1. The maximum absolute atomic E-state index is 11.8. The first kappa shape index (κ1) is 16.6. The van der Waals surface area contributed by atoms with Crippen LogP contribution in [0.5, 0.6) is 5.75 Å². The summed E-state index contributed by atoms with van der Waals surface area (Å²) in [6, 6.07) is 6.98. The highest BCUT2D eigenvalue weighted by Crippen LogP contribution is 2.17. The van der Waals surface area contributed by atoms with Crippen molar-refractivity contribution in [3.63, 3.8) is 0 Å². The van der Waals surface area contributed by atoms with Gasteiger partial charge in [-0.1, -0.05) is 17.7 Å². The zero-order valence-electron chi connectivity index (χ0n) is 10.7. The predicted molar refractivity (Wildman–Crippen MR) is 78.7 cm³/mol. The van der Waals surface area contributed by atoms with Crippen LogP contribution in [0.2, 0.25) is 5.02 Å². The van der Waals surface area contributed by atoms with Crippen molar-refractivity contribution in [1.82, 2.24) is 4.31 Å². The lowest BCUT2D eigenvalue weighted by Gasteiger charge is -2.17. The molecule has 7 heteroatoms. The Morgan fingerprint density at radius 3 is 2.74 bits per heavy atom. The Labute approximate surface area is 124 Å². The molecule has 0 radical (unpaired) electrons. The maximum Gasteiger partial charge on any atom is 0.214 e. The average molecular weight is 326 g/mol. The van der Waals surface area contributed by atoms with Crippen LogP contribution in [0.3, 0.4) is 0 Å². The quantitative estimate of drug-likeness (QED) is 0.690. The van der Waals surface area contributed by atoms with E-state index in [2.05, 4.69) is 0 Å². The van der Waals surface area contributed by atoms with Gasteiger partial charge in [-0.2, -0.15) is 0 Å². The van der Waals surface area contributed by atoms with Crippen molar-refractivity contribution in [2.75, 3.05) is 31.8 Å². The molecule has 0 amide bonds. The van der Waals surface area contributed by atoms with Crippen molar-refractivity contribution in [1.29, 1.82) is 0 Å². The van der Waals surface area contributed by atoms with Crippen molar-refractivity contribution in [3.05, 3.63) is 29.3 Å². The average Bonchev–Trinajstić information content (AvgIpc) is 2.36. The number of halogens is 2. The lowest BCUT2D eigenvalue weighted by molar-refractivity contribution is 0.287. The zero-order valence-corrected chi connectivity index (χ0v) is 13.0. The van der Waals surface area contributed by atoms with Gasteiger partial charge in [0.25, 0.3) is 0 Å². The number of alkyl halides is 1. The molecule has 0 aromatic heterocycles. The van der Waals surface area contributed by atoms with Crippen LogP contribution in [0.15, 0.2) is 24.3 Å². The summed E-state index contributed by atoms with van der Waals surface area (Å²) in [6.07, 6.45) is 0.448. The molecule has 0 heterocycles. The summed E-state index contributed by atoms with van der Waals surface area (Å²) in [7, 11) is -1.71. The molecular formula is C12H17Cl2NO3S. The van der Waals surface area contributed by atoms with Gasteiger partial charge in [-0.3, -0.25) is 0 Å². The van der Waals surface area contributed by atoms with E-state index < -0.39 is 10.0 Å². The topological polar surface area (TPSA) is 46.6 Å². The Bertz CT molecular complexity index is 494. The number of nitrogens with zero attached hydrogens (tertiary/aromatic N) is 1. The molecule has 0 aliphatic heterocycles.